The lowest BCUT2D eigenvalue weighted by Crippen LogP contribution is -2.16. The molecule has 0 radical (unpaired) electrons. The maximum absolute atomic E-state index is 5.99. The topological polar surface area (TPSA) is 55.1 Å². The average molecular weight is 335 g/mol. The second kappa shape index (κ2) is 6.34. The highest BCUT2D eigenvalue weighted by Gasteiger charge is 2.13. The number of hydrogen-bond acceptors (Lipinski definition) is 5. The summed E-state index contributed by atoms with van der Waals surface area (Å²) in [6.07, 6.45) is 3.49. The summed E-state index contributed by atoms with van der Waals surface area (Å²) in [4.78, 5) is 10.2. The summed E-state index contributed by atoms with van der Waals surface area (Å²) < 4.78 is 5.30. The molecule has 3 rings (SSSR count). The second-order valence-corrected chi connectivity index (χ2v) is 5.64. The third-order valence-corrected chi connectivity index (χ3v) is 3.47. The molecule has 22 heavy (non-hydrogen) atoms. The Kier molecular flexibility index (Phi) is 4.27. The molecule has 7 heteroatoms. The minimum atomic E-state index is 0.419. The first-order chi connectivity index (χ1) is 10.6. The zero-order valence-electron chi connectivity index (χ0n) is 11.7. The molecule has 0 spiro atoms. The van der Waals surface area contributed by atoms with Crippen molar-refractivity contribution >= 4 is 29.2 Å². The van der Waals surface area contributed by atoms with Crippen LogP contribution in [0.4, 0.5) is 6.01 Å². The average Bonchev–Trinajstić information content (AvgIpc) is 2.97. The van der Waals surface area contributed by atoms with E-state index in [1.54, 1.807) is 30.6 Å². The van der Waals surface area contributed by atoms with Crippen LogP contribution in [-0.2, 0) is 6.54 Å². The molecule has 0 N–H and O–H groups in total. The number of rotatable bonds is 4. The van der Waals surface area contributed by atoms with Gasteiger partial charge in [0.15, 0.2) is 0 Å². The van der Waals surface area contributed by atoms with Gasteiger partial charge in [0.2, 0.25) is 5.82 Å². The molecule has 0 aliphatic rings. The van der Waals surface area contributed by atoms with Gasteiger partial charge in [-0.25, -0.2) is 0 Å². The van der Waals surface area contributed by atoms with Crippen molar-refractivity contribution in [3.8, 4) is 11.4 Å². The van der Waals surface area contributed by atoms with Gasteiger partial charge in [0.1, 0.15) is 0 Å². The number of aromatic nitrogens is 3. The van der Waals surface area contributed by atoms with E-state index in [1.165, 1.54) is 0 Å². The van der Waals surface area contributed by atoms with Crippen LogP contribution >= 0.6 is 23.2 Å². The van der Waals surface area contributed by atoms with Crippen LogP contribution in [0.2, 0.25) is 10.0 Å². The molecule has 0 fully saturated rings. The van der Waals surface area contributed by atoms with Gasteiger partial charge in [-0.05, 0) is 35.9 Å². The van der Waals surface area contributed by atoms with Gasteiger partial charge in [-0.2, -0.15) is 4.98 Å². The summed E-state index contributed by atoms with van der Waals surface area (Å²) in [6.45, 7) is 0.639. The van der Waals surface area contributed by atoms with Crippen molar-refractivity contribution in [2.24, 2.45) is 0 Å². The van der Waals surface area contributed by atoms with E-state index in [1.807, 2.05) is 24.1 Å². The number of anilines is 1. The molecule has 5 nitrogen and oxygen atoms in total. The highest BCUT2D eigenvalue weighted by molar-refractivity contribution is 6.35. The summed E-state index contributed by atoms with van der Waals surface area (Å²) in [5, 5.41) is 5.03. The number of halogens is 2. The van der Waals surface area contributed by atoms with E-state index < -0.39 is 0 Å². The van der Waals surface area contributed by atoms with Gasteiger partial charge in [-0.3, -0.25) is 4.98 Å². The zero-order valence-corrected chi connectivity index (χ0v) is 13.2. The molecule has 0 aliphatic heterocycles. The van der Waals surface area contributed by atoms with Crippen molar-refractivity contribution in [2.45, 2.75) is 6.54 Å². The molecule has 0 atom stereocenters. The molecule has 0 saturated carbocycles. The first kappa shape index (κ1) is 14.8. The highest BCUT2D eigenvalue weighted by Crippen LogP contribution is 2.26. The Bertz CT molecular complexity index is 756. The van der Waals surface area contributed by atoms with E-state index >= 15 is 0 Å². The standard InChI is InChI=1S/C15H12Cl2N4O/c1-21(9-10-2-4-18-5-3-10)15-19-14(20-22-15)11-6-12(16)8-13(17)7-11/h2-8H,9H2,1H3. The maximum atomic E-state index is 5.99. The van der Waals surface area contributed by atoms with Gasteiger partial charge in [-0.15, -0.1) is 0 Å². The van der Waals surface area contributed by atoms with Gasteiger partial charge in [-0.1, -0.05) is 28.4 Å². The zero-order chi connectivity index (χ0) is 15.5. The molecule has 2 aromatic heterocycles. The van der Waals surface area contributed by atoms with Gasteiger partial charge in [0, 0.05) is 41.6 Å². The van der Waals surface area contributed by atoms with Crippen molar-refractivity contribution in [3.63, 3.8) is 0 Å². The van der Waals surface area contributed by atoms with Crippen molar-refractivity contribution < 1.29 is 4.52 Å². The Hall–Kier alpha value is -2.11. The second-order valence-electron chi connectivity index (χ2n) is 4.77. The van der Waals surface area contributed by atoms with Crippen molar-refractivity contribution in [1.29, 1.82) is 0 Å². The van der Waals surface area contributed by atoms with Crippen LogP contribution in [0.3, 0.4) is 0 Å². The van der Waals surface area contributed by atoms with Crippen molar-refractivity contribution in [1.82, 2.24) is 15.1 Å². The molecule has 0 aliphatic carbocycles. The molecular formula is C15H12Cl2N4O. The molecule has 112 valence electrons. The maximum Gasteiger partial charge on any atom is 0.324 e. The van der Waals surface area contributed by atoms with Crippen LogP contribution in [0, 0.1) is 0 Å². The summed E-state index contributed by atoms with van der Waals surface area (Å²) in [5.74, 6) is 0.445. The number of nitrogens with zero attached hydrogens (tertiary/aromatic N) is 4. The summed E-state index contributed by atoms with van der Waals surface area (Å²) in [5.41, 5.74) is 1.81. The molecule has 3 aromatic rings. The highest BCUT2D eigenvalue weighted by atomic mass is 35.5. The predicted octanol–water partition coefficient (Wildman–Crippen LogP) is 4.07. The van der Waals surface area contributed by atoms with Crippen molar-refractivity contribution in [2.75, 3.05) is 11.9 Å². The fraction of sp³-hybridized carbons (Fsp3) is 0.133. The minimum Gasteiger partial charge on any atom is -0.323 e. The quantitative estimate of drug-likeness (QED) is 0.719. The van der Waals surface area contributed by atoms with E-state index in [0.717, 1.165) is 5.56 Å². The monoisotopic (exact) mass is 334 g/mol. The largest absolute Gasteiger partial charge is 0.324 e. The third kappa shape index (κ3) is 3.37. The Morgan fingerprint density at radius 3 is 2.45 bits per heavy atom. The van der Waals surface area contributed by atoms with E-state index in [0.29, 0.717) is 34.0 Å². The van der Waals surface area contributed by atoms with Crippen LogP contribution in [0.25, 0.3) is 11.4 Å². The molecule has 0 saturated heterocycles. The Balaban J connectivity index is 1.81. The van der Waals surface area contributed by atoms with Gasteiger partial charge in [0.25, 0.3) is 0 Å². The van der Waals surface area contributed by atoms with E-state index in [9.17, 15) is 0 Å². The van der Waals surface area contributed by atoms with Gasteiger partial charge < -0.3 is 9.42 Å². The normalized spacial score (nSPS) is 10.7. The summed E-state index contributed by atoms with van der Waals surface area (Å²) >= 11 is 12.0. The summed E-state index contributed by atoms with van der Waals surface area (Å²) in [7, 11) is 1.88. The van der Waals surface area contributed by atoms with E-state index in [2.05, 4.69) is 15.1 Å². The SMILES string of the molecule is CN(Cc1ccncc1)c1nc(-c2cc(Cl)cc(Cl)c2)no1. The molecule has 1 aromatic carbocycles. The lowest BCUT2D eigenvalue weighted by atomic mass is 10.2. The lowest BCUT2D eigenvalue weighted by Gasteiger charge is -2.12. The fourth-order valence-electron chi connectivity index (χ4n) is 2.00. The van der Waals surface area contributed by atoms with E-state index in [4.69, 9.17) is 27.7 Å². The van der Waals surface area contributed by atoms with E-state index in [-0.39, 0.29) is 0 Å². The summed E-state index contributed by atoms with van der Waals surface area (Å²) in [6, 6.07) is 9.43. The molecule has 2 heterocycles. The Labute approximate surface area is 137 Å². The first-order valence-corrected chi connectivity index (χ1v) is 7.27. The van der Waals surface area contributed by atoms with Crippen LogP contribution in [0.5, 0.6) is 0 Å². The van der Waals surface area contributed by atoms with Crippen molar-refractivity contribution in [3.05, 3.63) is 58.3 Å². The Morgan fingerprint density at radius 2 is 1.77 bits per heavy atom. The predicted molar refractivity (Wildman–Crippen MR) is 86.1 cm³/mol. The van der Waals surface area contributed by atoms with Gasteiger partial charge >= 0.3 is 6.01 Å². The number of pyridine rings is 1. The molecular weight excluding hydrogens is 323 g/mol. The minimum absolute atomic E-state index is 0.419. The van der Waals surface area contributed by atoms with Crippen LogP contribution in [-0.4, -0.2) is 22.2 Å². The third-order valence-electron chi connectivity index (χ3n) is 3.03. The molecule has 0 bridgehead atoms. The Morgan fingerprint density at radius 1 is 1.09 bits per heavy atom. The first-order valence-electron chi connectivity index (χ1n) is 6.52. The smallest absolute Gasteiger partial charge is 0.323 e. The molecule has 0 amide bonds. The number of benzene rings is 1. The number of hydrogen-bond donors (Lipinski definition) is 0. The fourth-order valence-corrected chi connectivity index (χ4v) is 2.53. The van der Waals surface area contributed by atoms with Crippen LogP contribution in [0.1, 0.15) is 5.56 Å². The van der Waals surface area contributed by atoms with Crippen LogP contribution < -0.4 is 4.90 Å². The van der Waals surface area contributed by atoms with Gasteiger partial charge in [0.05, 0.1) is 0 Å². The lowest BCUT2D eigenvalue weighted by molar-refractivity contribution is 0.418. The molecule has 0 unspecified atom stereocenters. The van der Waals surface area contributed by atoms with Crippen LogP contribution in [0.15, 0.2) is 47.2 Å².